The van der Waals surface area contributed by atoms with Gasteiger partial charge in [-0.05, 0) is 37.5 Å². The highest BCUT2D eigenvalue weighted by Crippen LogP contribution is 2.28. The number of benzene rings is 1. The Labute approximate surface area is 146 Å². The number of aromatic nitrogens is 2. The van der Waals surface area contributed by atoms with E-state index in [4.69, 9.17) is 23.2 Å². The highest BCUT2D eigenvalue weighted by molar-refractivity contribution is 6.42. The van der Waals surface area contributed by atoms with E-state index in [1.165, 1.54) is 0 Å². The van der Waals surface area contributed by atoms with E-state index in [-0.39, 0.29) is 11.9 Å². The molecule has 2 heterocycles. The molecule has 1 unspecified atom stereocenters. The number of imidazole rings is 1. The molecular formula is C17H19Cl2N3O. The van der Waals surface area contributed by atoms with E-state index in [0.29, 0.717) is 15.7 Å². The summed E-state index contributed by atoms with van der Waals surface area (Å²) in [6.45, 7) is 2.91. The molecule has 0 aliphatic carbocycles. The fraction of sp³-hybridized carbons (Fsp3) is 0.412. The molecule has 0 fully saturated rings. The van der Waals surface area contributed by atoms with Gasteiger partial charge in [0.15, 0.2) is 0 Å². The number of fused-ring (bicyclic) bond motifs is 1. The third-order valence-corrected chi connectivity index (χ3v) is 5.19. The lowest BCUT2D eigenvalue weighted by molar-refractivity contribution is 0.0737. The molecule has 23 heavy (non-hydrogen) atoms. The molecule has 1 atom stereocenters. The van der Waals surface area contributed by atoms with Gasteiger partial charge >= 0.3 is 0 Å². The van der Waals surface area contributed by atoms with Crippen molar-refractivity contribution in [2.24, 2.45) is 0 Å². The standard InChI is InChI=1S/C17H19Cl2N3O/c1-11(12-6-7-13(18)14(19)9-12)21(2)17(23)15-10-22-8-4-3-5-16(22)20-15/h6-7,9-11H,3-5,8H2,1-2H3. The summed E-state index contributed by atoms with van der Waals surface area (Å²) >= 11 is 12.0. The van der Waals surface area contributed by atoms with E-state index in [1.54, 1.807) is 24.1 Å². The lowest BCUT2D eigenvalue weighted by Gasteiger charge is -2.25. The van der Waals surface area contributed by atoms with Crippen molar-refractivity contribution in [1.82, 2.24) is 14.5 Å². The van der Waals surface area contributed by atoms with Gasteiger partial charge in [0.05, 0.1) is 16.1 Å². The second-order valence-electron chi connectivity index (χ2n) is 5.96. The molecule has 0 N–H and O–H groups in total. The first-order chi connectivity index (χ1) is 11.0. The Morgan fingerprint density at radius 1 is 1.30 bits per heavy atom. The van der Waals surface area contributed by atoms with Crippen molar-refractivity contribution >= 4 is 29.1 Å². The van der Waals surface area contributed by atoms with Crippen LogP contribution in [0.5, 0.6) is 0 Å². The highest BCUT2D eigenvalue weighted by Gasteiger charge is 2.23. The number of rotatable bonds is 3. The molecule has 1 amide bonds. The number of carbonyl (C=O) groups is 1. The second-order valence-corrected chi connectivity index (χ2v) is 6.77. The van der Waals surface area contributed by atoms with E-state index in [0.717, 1.165) is 37.2 Å². The molecule has 1 aliphatic heterocycles. The largest absolute Gasteiger partial charge is 0.334 e. The van der Waals surface area contributed by atoms with Crippen LogP contribution in [0.25, 0.3) is 0 Å². The van der Waals surface area contributed by atoms with Gasteiger partial charge in [0.25, 0.3) is 5.91 Å². The first-order valence-electron chi connectivity index (χ1n) is 7.75. The average Bonchev–Trinajstić information content (AvgIpc) is 2.99. The van der Waals surface area contributed by atoms with Gasteiger partial charge in [-0.1, -0.05) is 29.3 Å². The Morgan fingerprint density at radius 2 is 2.09 bits per heavy atom. The number of carbonyl (C=O) groups excluding carboxylic acids is 1. The number of nitrogens with zero attached hydrogens (tertiary/aromatic N) is 3. The zero-order chi connectivity index (χ0) is 16.6. The molecule has 122 valence electrons. The quantitative estimate of drug-likeness (QED) is 0.823. The van der Waals surface area contributed by atoms with Gasteiger partial charge in [-0.15, -0.1) is 0 Å². The monoisotopic (exact) mass is 351 g/mol. The fourth-order valence-electron chi connectivity index (χ4n) is 2.87. The molecule has 1 aromatic carbocycles. The lowest BCUT2D eigenvalue weighted by Crippen LogP contribution is -2.30. The molecule has 1 aliphatic rings. The minimum Gasteiger partial charge on any atom is -0.334 e. The van der Waals surface area contributed by atoms with E-state index in [2.05, 4.69) is 9.55 Å². The van der Waals surface area contributed by atoms with E-state index < -0.39 is 0 Å². The Kier molecular flexibility index (Phi) is 4.64. The van der Waals surface area contributed by atoms with Crippen LogP contribution >= 0.6 is 23.2 Å². The third kappa shape index (κ3) is 3.24. The molecule has 0 saturated heterocycles. The number of hydrogen-bond donors (Lipinski definition) is 0. The molecular weight excluding hydrogens is 333 g/mol. The van der Waals surface area contributed by atoms with Crippen molar-refractivity contribution in [2.75, 3.05) is 7.05 Å². The SMILES string of the molecule is CC(c1ccc(Cl)c(Cl)c1)N(C)C(=O)c1cn2c(n1)CCCC2. The maximum Gasteiger partial charge on any atom is 0.274 e. The fourth-order valence-corrected chi connectivity index (χ4v) is 3.17. The maximum absolute atomic E-state index is 12.7. The third-order valence-electron chi connectivity index (χ3n) is 4.46. The molecule has 6 heteroatoms. The van der Waals surface area contributed by atoms with Crippen LogP contribution in [-0.2, 0) is 13.0 Å². The predicted octanol–water partition coefficient (Wildman–Crippen LogP) is 4.36. The van der Waals surface area contributed by atoms with Crippen LogP contribution in [0.1, 0.15) is 47.7 Å². The van der Waals surface area contributed by atoms with Gasteiger partial charge in [-0.25, -0.2) is 4.98 Å². The van der Waals surface area contributed by atoms with Gasteiger partial charge in [0.1, 0.15) is 11.5 Å². The molecule has 0 spiro atoms. The minimum absolute atomic E-state index is 0.0783. The van der Waals surface area contributed by atoms with Crippen LogP contribution in [0.2, 0.25) is 10.0 Å². The van der Waals surface area contributed by atoms with Crippen molar-refractivity contribution < 1.29 is 4.79 Å². The highest BCUT2D eigenvalue weighted by atomic mass is 35.5. The maximum atomic E-state index is 12.7. The molecule has 3 rings (SSSR count). The van der Waals surface area contributed by atoms with Crippen molar-refractivity contribution in [3.05, 3.63) is 51.5 Å². The normalized spacial score (nSPS) is 15.1. The van der Waals surface area contributed by atoms with E-state index in [1.807, 2.05) is 19.2 Å². The van der Waals surface area contributed by atoms with E-state index >= 15 is 0 Å². The topological polar surface area (TPSA) is 38.1 Å². The van der Waals surface area contributed by atoms with Gasteiger partial charge in [-0.3, -0.25) is 4.79 Å². The summed E-state index contributed by atoms with van der Waals surface area (Å²) in [5.74, 6) is 0.931. The molecule has 0 bridgehead atoms. The first kappa shape index (κ1) is 16.3. The van der Waals surface area contributed by atoms with Crippen LogP contribution in [0, 0.1) is 0 Å². The van der Waals surface area contributed by atoms with Crippen molar-refractivity contribution in [3.63, 3.8) is 0 Å². The van der Waals surface area contributed by atoms with Gasteiger partial charge in [0.2, 0.25) is 0 Å². The number of halogens is 2. The van der Waals surface area contributed by atoms with Gasteiger partial charge in [0, 0.05) is 26.2 Å². The molecule has 0 radical (unpaired) electrons. The zero-order valence-electron chi connectivity index (χ0n) is 13.2. The smallest absolute Gasteiger partial charge is 0.274 e. The molecule has 2 aromatic rings. The number of hydrogen-bond acceptors (Lipinski definition) is 2. The Bertz CT molecular complexity index is 718. The van der Waals surface area contributed by atoms with Crippen LogP contribution in [-0.4, -0.2) is 27.4 Å². The summed E-state index contributed by atoms with van der Waals surface area (Å²) in [6.07, 6.45) is 5.10. The summed E-state index contributed by atoms with van der Waals surface area (Å²) in [5.41, 5.74) is 1.45. The van der Waals surface area contributed by atoms with Crippen LogP contribution in [0.4, 0.5) is 0 Å². The summed E-state index contributed by atoms with van der Waals surface area (Å²) < 4.78 is 2.09. The Hall–Kier alpha value is -1.52. The van der Waals surface area contributed by atoms with Crippen molar-refractivity contribution in [2.45, 2.75) is 38.8 Å². The summed E-state index contributed by atoms with van der Waals surface area (Å²) in [6, 6.07) is 5.33. The number of aryl methyl sites for hydroxylation is 2. The van der Waals surface area contributed by atoms with Crippen molar-refractivity contribution in [1.29, 1.82) is 0 Å². The minimum atomic E-state index is -0.115. The average molecular weight is 352 g/mol. The van der Waals surface area contributed by atoms with Crippen molar-refractivity contribution in [3.8, 4) is 0 Å². The molecule has 1 aromatic heterocycles. The number of amides is 1. The second kappa shape index (κ2) is 6.54. The van der Waals surface area contributed by atoms with Crippen LogP contribution in [0.3, 0.4) is 0 Å². The Balaban J connectivity index is 1.80. The summed E-state index contributed by atoms with van der Waals surface area (Å²) in [7, 11) is 1.79. The first-order valence-corrected chi connectivity index (χ1v) is 8.51. The summed E-state index contributed by atoms with van der Waals surface area (Å²) in [5, 5.41) is 1.01. The van der Waals surface area contributed by atoms with Gasteiger partial charge < -0.3 is 9.47 Å². The lowest BCUT2D eigenvalue weighted by atomic mass is 10.1. The van der Waals surface area contributed by atoms with E-state index in [9.17, 15) is 4.79 Å². The van der Waals surface area contributed by atoms with Crippen LogP contribution in [0.15, 0.2) is 24.4 Å². The zero-order valence-corrected chi connectivity index (χ0v) is 14.7. The summed E-state index contributed by atoms with van der Waals surface area (Å²) in [4.78, 5) is 18.9. The van der Waals surface area contributed by atoms with Gasteiger partial charge in [-0.2, -0.15) is 0 Å². The Morgan fingerprint density at radius 3 is 2.78 bits per heavy atom. The predicted molar refractivity (Wildman–Crippen MR) is 92.1 cm³/mol. The molecule has 0 saturated carbocycles. The molecule has 4 nitrogen and oxygen atoms in total. The van der Waals surface area contributed by atoms with Crippen LogP contribution < -0.4 is 0 Å².